The Bertz CT molecular complexity index is 384. The van der Waals surface area contributed by atoms with Gasteiger partial charge in [-0.05, 0) is 12.1 Å². The van der Waals surface area contributed by atoms with Gasteiger partial charge in [-0.1, -0.05) is 0 Å². The summed E-state index contributed by atoms with van der Waals surface area (Å²) in [7, 11) is 0. The van der Waals surface area contributed by atoms with E-state index in [2.05, 4.69) is 12.6 Å². The molecule has 0 saturated carbocycles. The van der Waals surface area contributed by atoms with E-state index >= 15 is 0 Å². The average molecular weight is 285 g/mol. The molecule has 1 N–H and O–H groups in total. The molecule has 5 nitrogen and oxygen atoms in total. The summed E-state index contributed by atoms with van der Waals surface area (Å²) in [5.74, 6) is 0. The van der Waals surface area contributed by atoms with E-state index in [0.29, 0.717) is 0 Å². The number of benzene rings is 1. The van der Waals surface area contributed by atoms with Gasteiger partial charge in [-0.2, -0.15) is 0 Å². The van der Waals surface area contributed by atoms with Gasteiger partial charge in [-0.25, -0.2) is 4.21 Å². The van der Waals surface area contributed by atoms with Gasteiger partial charge in [0.25, 0.3) is 5.69 Å². The van der Waals surface area contributed by atoms with Gasteiger partial charge in [0.05, 0.1) is 14.7 Å². The molecule has 1 aromatic carbocycles. The first-order valence-electron chi connectivity index (χ1n) is 3.10. The van der Waals surface area contributed by atoms with Crippen molar-refractivity contribution in [3.8, 4) is 0 Å². The van der Waals surface area contributed by atoms with E-state index < -0.39 is 16.0 Å². The van der Waals surface area contributed by atoms with Gasteiger partial charge < -0.3 is 4.55 Å². The summed E-state index contributed by atoms with van der Waals surface area (Å²) >= 11 is 1.63. The Labute approximate surface area is 101 Å². The standard InChI is InChI=1S/C6H5NO4S2.Zn/c8-7(9)5-3-4(13(10)11)1-2-6(5)12;/h1-3,12H,(H,10,11);. The van der Waals surface area contributed by atoms with Gasteiger partial charge in [-0.3, -0.25) is 10.1 Å². The molecule has 72 valence electrons. The summed E-state index contributed by atoms with van der Waals surface area (Å²) in [6.07, 6.45) is 0. The van der Waals surface area contributed by atoms with E-state index in [-0.39, 0.29) is 35.0 Å². The first-order valence-corrected chi connectivity index (χ1v) is 4.66. The van der Waals surface area contributed by atoms with Crippen LogP contribution in [0.25, 0.3) is 0 Å². The molecule has 0 radical (unpaired) electrons. The largest absolute Gasteiger partial charge is 0.302 e. The Morgan fingerprint density at radius 3 is 2.50 bits per heavy atom. The SMILES string of the molecule is O=[N+]([O-])c1cc(S(=O)O)ccc1S.[Zn]. The quantitative estimate of drug-likeness (QED) is 0.283. The van der Waals surface area contributed by atoms with Gasteiger partial charge in [0.15, 0.2) is 11.1 Å². The Balaban J connectivity index is 0.00000169. The van der Waals surface area contributed by atoms with Crippen LogP contribution in [0.3, 0.4) is 0 Å². The minimum absolute atomic E-state index is 0. The molecule has 0 aromatic heterocycles. The number of nitrogens with zero attached hydrogens (tertiary/aromatic N) is 1. The maximum atomic E-state index is 10.6. The Kier molecular flexibility index (Phi) is 5.43. The van der Waals surface area contributed by atoms with Crippen molar-refractivity contribution in [2.24, 2.45) is 0 Å². The molecule has 1 aromatic rings. The summed E-state index contributed by atoms with van der Waals surface area (Å²) in [5.41, 5.74) is -0.275. The third-order valence-corrected chi connectivity index (χ3v) is 2.38. The van der Waals surface area contributed by atoms with Crippen LogP contribution in [0.2, 0.25) is 0 Å². The molecule has 14 heavy (non-hydrogen) atoms. The third-order valence-electron chi connectivity index (χ3n) is 1.35. The maximum absolute atomic E-state index is 10.6. The second-order valence-electron chi connectivity index (χ2n) is 2.16. The van der Waals surface area contributed by atoms with Crippen LogP contribution in [0.5, 0.6) is 0 Å². The molecule has 8 heteroatoms. The van der Waals surface area contributed by atoms with E-state index in [1.807, 2.05) is 0 Å². The van der Waals surface area contributed by atoms with Crippen molar-refractivity contribution in [1.29, 1.82) is 0 Å². The number of nitro groups is 1. The molecule has 0 bridgehead atoms. The Morgan fingerprint density at radius 2 is 2.07 bits per heavy atom. The number of thiol groups is 1. The fourth-order valence-corrected chi connectivity index (χ4v) is 1.38. The number of hydrogen-bond donors (Lipinski definition) is 2. The molecule has 0 saturated heterocycles. The van der Waals surface area contributed by atoms with Gasteiger partial charge in [0.2, 0.25) is 0 Å². The van der Waals surface area contributed by atoms with Crippen molar-refractivity contribution in [1.82, 2.24) is 0 Å². The molecule has 1 unspecified atom stereocenters. The molecule has 0 heterocycles. The summed E-state index contributed by atoms with van der Waals surface area (Å²) in [6.45, 7) is 0. The molecule has 0 aliphatic rings. The van der Waals surface area contributed by atoms with Crippen LogP contribution in [-0.2, 0) is 30.6 Å². The van der Waals surface area contributed by atoms with E-state index in [0.717, 1.165) is 6.07 Å². The molecule has 0 amide bonds. The Hall–Kier alpha value is -0.297. The van der Waals surface area contributed by atoms with E-state index in [9.17, 15) is 14.3 Å². The molecule has 0 aliphatic carbocycles. The summed E-state index contributed by atoms with van der Waals surface area (Å²) in [6, 6.07) is 3.65. The fourth-order valence-electron chi connectivity index (χ4n) is 0.758. The minimum atomic E-state index is -2.20. The molecule has 1 atom stereocenters. The second kappa shape index (κ2) is 5.55. The molecular weight excluding hydrogens is 280 g/mol. The maximum Gasteiger partial charge on any atom is 0.283 e. The van der Waals surface area contributed by atoms with Crippen molar-refractivity contribution < 1.29 is 33.2 Å². The van der Waals surface area contributed by atoms with Crippen LogP contribution < -0.4 is 0 Å². The monoisotopic (exact) mass is 283 g/mol. The van der Waals surface area contributed by atoms with Crippen LogP contribution in [0.15, 0.2) is 28.0 Å². The van der Waals surface area contributed by atoms with E-state index in [4.69, 9.17) is 4.55 Å². The number of nitro benzene ring substituents is 1. The van der Waals surface area contributed by atoms with E-state index in [1.165, 1.54) is 12.1 Å². The third kappa shape index (κ3) is 3.13. The van der Waals surface area contributed by atoms with Crippen LogP contribution in [0.1, 0.15) is 0 Å². The van der Waals surface area contributed by atoms with Crippen LogP contribution >= 0.6 is 12.6 Å². The van der Waals surface area contributed by atoms with Gasteiger partial charge >= 0.3 is 0 Å². The number of hydrogen-bond acceptors (Lipinski definition) is 4. The topological polar surface area (TPSA) is 80.4 Å². The zero-order chi connectivity index (χ0) is 10.0. The van der Waals surface area contributed by atoms with Crippen molar-refractivity contribution >= 4 is 29.4 Å². The zero-order valence-corrected chi connectivity index (χ0v) is 11.6. The van der Waals surface area contributed by atoms with Crippen molar-refractivity contribution in [2.75, 3.05) is 0 Å². The van der Waals surface area contributed by atoms with Crippen molar-refractivity contribution in [2.45, 2.75) is 9.79 Å². The number of rotatable bonds is 2. The summed E-state index contributed by atoms with van der Waals surface area (Å²) < 4.78 is 19.2. The molecule has 0 fully saturated rings. The second-order valence-corrected chi connectivity index (χ2v) is 3.61. The van der Waals surface area contributed by atoms with Gasteiger partial charge in [0, 0.05) is 25.5 Å². The Morgan fingerprint density at radius 1 is 1.50 bits per heavy atom. The smallest absolute Gasteiger partial charge is 0.283 e. The van der Waals surface area contributed by atoms with Crippen LogP contribution in [0.4, 0.5) is 5.69 Å². The minimum Gasteiger partial charge on any atom is -0.302 e. The van der Waals surface area contributed by atoms with Crippen LogP contribution in [-0.4, -0.2) is 13.7 Å². The summed E-state index contributed by atoms with van der Waals surface area (Å²) in [5, 5.41) is 10.4. The molecule has 1 rings (SSSR count). The first-order chi connectivity index (χ1) is 6.02. The molecule has 0 spiro atoms. The first kappa shape index (κ1) is 13.7. The fraction of sp³-hybridized carbons (Fsp3) is 0. The predicted molar refractivity (Wildman–Crippen MR) is 49.4 cm³/mol. The van der Waals surface area contributed by atoms with Crippen molar-refractivity contribution in [3.05, 3.63) is 28.3 Å². The van der Waals surface area contributed by atoms with Gasteiger partial charge in [-0.15, -0.1) is 12.6 Å². The summed E-state index contributed by atoms with van der Waals surface area (Å²) in [4.78, 5) is 9.87. The van der Waals surface area contributed by atoms with E-state index in [1.54, 1.807) is 0 Å². The molecular formula is C6H5NO4S2Zn. The van der Waals surface area contributed by atoms with Crippen molar-refractivity contribution in [3.63, 3.8) is 0 Å². The average Bonchev–Trinajstić information content (AvgIpc) is 2.04. The normalized spacial score (nSPS) is 11.6. The van der Waals surface area contributed by atoms with Crippen LogP contribution in [0, 0.1) is 10.1 Å². The molecule has 0 aliphatic heterocycles. The predicted octanol–water partition coefficient (Wildman–Crippen LogP) is 1.46. The zero-order valence-electron chi connectivity index (χ0n) is 6.91. The van der Waals surface area contributed by atoms with Gasteiger partial charge in [0.1, 0.15) is 0 Å².